The quantitative estimate of drug-likeness (QED) is 0.189. The number of halogens is 2. The van der Waals surface area contributed by atoms with Crippen LogP contribution in [0.3, 0.4) is 0 Å². The van der Waals surface area contributed by atoms with Crippen LogP contribution in [0.4, 0.5) is 4.79 Å². The van der Waals surface area contributed by atoms with Crippen molar-refractivity contribution in [2.45, 2.75) is 18.9 Å². The summed E-state index contributed by atoms with van der Waals surface area (Å²) in [4.78, 5) is 23.8. The summed E-state index contributed by atoms with van der Waals surface area (Å²) in [6.07, 6.45) is -1.09. The van der Waals surface area contributed by atoms with Crippen molar-refractivity contribution >= 4 is 35.3 Å². The minimum atomic E-state index is -1.37. The molecule has 2 N–H and O–H groups in total. The Labute approximate surface area is 246 Å². The van der Waals surface area contributed by atoms with E-state index in [1.807, 2.05) is 36.4 Å². The fourth-order valence-corrected chi connectivity index (χ4v) is 4.71. The fraction of sp³-hybridized carbons (Fsp3) is 0.161. The minimum Gasteiger partial charge on any atom is -0.493 e. The van der Waals surface area contributed by atoms with E-state index in [-0.39, 0.29) is 10.9 Å². The number of ether oxygens (including phenoxy) is 4. The van der Waals surface area contributed by atoms with Crippen molar-refractivity contribution in [3.63, 3.8) is 0 Å². The van der Waals surface area contributed by atoms with Gasteiger partial charge in [-0.15, -0.1) is 0 Å². The summed E-state index contributed by atoms with van der Waals surface area (Å²) in [5.74, 6) is 2.33. The minimum absolute atomic E-state index is 0.235. The number of para-hydroxylation sites is 1. The maximum atomic E-state index is 12.8. The molecule has 0 saturated carbocycles. The average Bonchev–Trinajstić information content (AvgIpc) is 2.96. The lowest BCUT2D eigenvalue weighted by Gasteiger charge is -2.25. The first-order valence-corrected chi connectivity index (χ1v) is 13.5. The summed E-state index contributed by atoms with van der Waals surface area (Å²) in [6.45, 7) is 0.691. The van der Waals surface area contributed by atoms with E-state index in [4.69, 9.17) is 47.3 Å². The molecule has 210 valence electrons. The van der Waals surface area contributed by atoms with Crippen LogP contribution in [-0.4, -0.2) is 30.3 Å². The molecule has 4 aromatic carbocycles. The van der Waals surface area contributed by atoms with Crippen molar-refractivity contribution in [2.75, 3.05) is 13.2 Å². The lowest BCUT2D eigenvalue weighted by Crippen LogP contribution is -2.25. The first-order chi connectivity index (χ1) is 19.9. The van der Waals surface area contributed by atoms with Crippen LogP contribution in [0.2, 0.25) is 10.0 Å². The van der Waals surface area contributed by atoms with E-state index >= 15 is 0 Å². The fourth-order valence-electron chi connectivity index (χ4n) is 4.34. The Morgan fingerprint density at radius 2 is 1.63 bits per heavy atom. The lowest BCUT2D eigenvalue weighted by atomic mass is 10.0. The van der Waals surface area contributed by atoms with Gasteiger partial charge in [0.05, 0.1) is 11.6 Å². The Morgan fingerprint density at radius 3 is 2.39 bits per heavy atom. The second-order valence-electron chi connectivity index (χ2n) is 9.13. The molecule has 0 saturated heterocycles. The largest absolute Gasteiger partial charge is 0.506 e. The summed E-state index contributed by atoms with van der Waals surface area (Å²) < 4.78 is 22.5. The molecule has 1 atom stereocenters. The first-order valence-electron chi connectivity index (χ1n) is 12.8. The van der Waals surface area contributed by atoms with Gasteiger partial charge in [0.2, 0.25) is 0 Å². The Bertz CT molecular complexity index is 1540. The van der Waals surface area contributed by atoms with Gasteiger partial charge in [-0.2, -0.15) is 0 Å². The second-order valence-corrected chi connectivity index (χ2v) is 9.97. The number of nitrogens with one attached hydrogen (secondary N) is 1. The summed E-state index contributed by atoms with van der Waals surface area (Å²) >= 11 is 12.6. The summed E-state index contributed by atoms with van der Waals surface area (Å²) in [6, 6.07) is 24.6. The molecular weight excluding hydrogens is 569 g/mol. The van der Waals surface area contributed by atoms with E-state index in [0.717, 1.165) is 5.56 Å². The monoisotopic (exact) mass is 593 g/mol. The Kier molecular flexibility index (Phi) is 8.82. The van der Waals surface area contributed by atoms with E-state index in [1.165, 1.54) is 0 Å². The highest BCUT2D eigenvalue weighted by atomic mass is 35.5. The van der Waals surface area contributed by atoms with Crippen LogP contribution in [0.1, 0.15) is 34.0 Å². The third kappa shape index (κ3) is 7.22. The van der Waals surface area contributed by atoms with Crippen molar-refractivity contribution in [1.82, 2.24) is 5.32 Å². The molecule has 1 unspecified atom stereocenters. The van der Waals surface area contributed by atoms with Crippen molar-refractivity contribution in [3.8, 4) is 28.7 Å². The normalized spacial score (nSPS) is 13.9. The van der Waals surface area contributed by atoms with E-state index < -0.39 is 12.3 Å². The van der Waals surface area contributed by atoms with Crippen LogP contribution in [0.15, 0.2) is 84.9 Å². The van der Waals surface area contributed by atoms with Gasteiger partial charge in [-0.25, -0.2) is 4.79 Å². The Hall–Kier alpha value is -4.40. The van der Waals surface area contributed by atoms with E-state index in [9.17, 15) is 9.59 Å². The SMILES string of the molecule is O=C(O)OC1CCOc2cc(Oc3ccc(C(=O)NCCc4ccc(Cl)cc4Oc4ccccc4)cc3)c(Cl)cc21. The number of fused-ring (bicyclic) bond motifs is 1. The van der Waals surface area contributed by atoms with Crippen LogP contribution in [0, 0.1) is 0 Å². The molecule has 0 fully saturated rings. The number of rotatable bonds is 9. The van der Waals surface area contributed by atoms with Crippen molar-refractivity contribution in [1.29, 1.82) is 0 Å². The third-order valence-electron chi connectivity index (χ3n) is 6.32. The van der Waals surface area contributed by atoms with Gasteiger partial charge in [-0.3, -0.25) is 4.79 Å². The molecular formula is C31H25Cl2NO7. The highest BCUT2D eigenvalue weighted by Gasteiger charge is 2.27. The number of amides is 1. The standard InChI is InChI=1S/C31H25Cl2NO7/c32-21-9-6-19(27(16-21)39-22-4-2-1-3-5-22)12-14-34-30(35)20-7-10-23(11-8-20)40-29-18-28-24(17-25(29)33)26(13-15-38-28)41-31(36)37/h1-11,16-18,26H,12-15H2,(H,34,35)(H,36,37). The smallest absolute Gasteiger partial charge is 0.493 e. The molecule has 4 aromatic rings. The van der Waals surface area contributed by atoms with E-state index in [0.29, 0.717) is 70.9 Å². The van der Waals surface area contributed by atoms with E-state index in [2.05, 4.69) is 5.32 Å². The molecule has 0 radical (unpaired) electrons. The van der Waals surface area contributed by atoms with Crippen molar-refractivity contribution in [3.05, 3.63) is 112 Å². The maximum Gasteiger partial charge on any atom is 0.506 e. The predicted molar refractivity (Wildman–Crippen MR) is 154 cm³/mol. The maximum absolute atomic E-state index is 12.8. The van der Waals surface area contributed by atoms with Crippen LogP contribution < -0.4 is 19.5 Å². The summed E-state index contributed by atoms with van der Waals surface area (Å²) in [7, 11) is 0. The molecule has 1 aliphatic rings. The number of hydrogen-bond donors (Lipinski definition) is 2. The first kappa shape index (κ1) is 28.1. The molecule has 1 aliphatic heterocycles. The van der Waals surface area contributed by atoms with Gasteiger partial charge < -0.3 is 29.4 Å². The van der Waals surface area contributed by atoms with Crippen molar-refractivity contribution < 1.29 is 33.6 Å². The zero-order chi connectivity index (χ0) is 28.8. The number of carboxylic acid groups (broad SMARTS) is 1. The molecule has 8 nitrogen and oxygen atoms in total. The van der Waals surface area contributed by atoms with E-state index in [1.54, 1.807) is 48.5 Å². The van der Waals surface area contributed by atoms with Crippen LogP contribution in [0.5, 0.6) is 28.7 Å². The topological polar surface area (TPSA) is 103 Å². The molecule has 41 heavy (non-hydrogen) atoms. The summed E-state index contributed by atoms with van der Waals surface area (Å²) in [5, 5.41) is 12.7. The summed E-state index contributed by atoms with van der Waals surface area (Å²) in [5.41, 5.74) is 1.91. The van der Waals surface area contributed by atoms with Gasteiger partial charge in [0, 0.05) is 35.2 Å². The van der Waals surface area contributed by atoms with Gasteiger partial charge in [0.25, 0.3) is 5.91 Å². The van der Waals surface area contributed by atoms with Gasteiger partial charge in [-0.1, -0.05) is 47.5 Å². The van der Waals surface area contributed by atoms with Crippen LogP contribution in [-0.2, 0) is 11.2 Å². The number of benzene rings is 4. The highest BCUT2D eigenvalue weighted by molar-refractivity contribution is 6.32. The number of hydrogen-bond acceptors (Lipinski definition) is 6. The molecule has 0 aromatic heterocycles. The molecule has 5 rings (SSSR count). The zero-order valence-corrected chi connectivity index (χ0v) is 23.2. The molecule has 0 spiro atoms. The second kappa shape index (κ2) is 12.8. The molecule has 1 heterocycles. The molecule has 0 aliphatic carbocycles. The Balaban J connectivity index is 1.19. The zero-order valence-electron chi connectivity index (χ0n) is 21.6. The molecule has 0 bridgehead atoms. The highest BCUT2D eigenvalue weighted by Crippen LogP contribution is 2.42. The number of carbonyl (C=O) groups is 2. The molecule has 1 amide bonds. The Morgan fingerprint density at radius 1 is 0.902 bits per heavy atom. The van der Waals surface area contributed by atoms with Crippen LogP contribution in [0.25, 0.3) is 0 Å². The van der Waals surface area contributed by atoms with Gasteiger partial charge >= 0.3 is 6.16 Å². The third-order valence-corrected chi connectivity index (χ3v) is 6.85. The average molecular weight is 594 g/mol. The lowest BCUT2D eigenvalue weighted by molar-refractivity contribution is 0.0326. The number of carbonyl (C=O) groups excluding carboxylic acids is 1. The van der Waals surface area contributed by atoms with Gasteiger partial charge in [-0.05, 0) is 66.6 Å². The van der Waals surface area contributed by atoms with Crippen molar-refractivity contribution in [2.24, 2.45) is 0 Å². The van der Waals surface area contributed by atoms with Gasteiger partial charge in [0.15, 0.2) is 0 Å². The molecule has 10 heteroatoms. The van der Waals surface area contributed by atoms with Gasteiger partial charge in [0.1, 0.15) is 34.9 Å². The predicted octanol–water partition coefficient (Wildman–Crippen LogP) is 8.07. The van der Waals surface area contributed by atoms with Crippen LogP contribution >= 0.6 is 23.2 Å².